The predicted octanol–water partition coefficient (Wildman–Crippen LogP) is 4.04. The Hall–Kier alpha value is -3.10. The normalized spacial score (nSPS) is 15.4. The lowest BCUT2D eigenvalue weighted by Gasteiger charge is -2.19. The van der Waals surface area contributed by atoms with E-state index in [-0.39, 0.29) is 10.6 Å². The second kappa shape index (κ2) is 9.18. The Balaban J connectivity index is 1.52. The van der Waals surface area contributed by atoms with E-state index in [4.69, 9.17) is 9.47 Å². The van der Waals surface area contributed by atoms with Gasteiger partial charge in [-0.05, 0) is 60.9 Å². The second-order valence-electron chi connectivity index (χ2n) is 7.73. The van der Waals surface area contributed by atoms with Gasteiger partial charge in [0.2, 0.25) is 10.0 Å². The van der Waals surface area contributed by atoms with Crippen molar-refractivity contribution in [3.05, 3.63) is 60.7 Å². The third-order valence-corrected chi connectivity index (χ3v) is 7.43. The third-order valence-electron chi connectivity index (χ3n) is 5.53. The fraction of sp³-hybridized carbons (Fsp3) is 0.292. The van der Waals surface area contributed by atoms with Crippen LogP contribution >= 0.6 is 0 Å². The van der Waals surface area contributed by atoms with Gasteiger partial charge in [0.25, 0.3) is 5.91 Å². The van der Waals surface area contributed by atoms with Gasteiger partial charge in [0.1, 0.15) is 11.5 Å². The average Bonchev–Trinajstić information content (AvgIpc) is 3.35. The summed E-state index contributed by atoms with van der Waals surface area (Å²) in [5.74, 6) is 0.535. The lowest BCUT2D eigenvalue weighted by atomic mass is 10.1. The van der Waals surface area contributed by atoms with Gasteiger partial charge in [-0.1, -0.05) is 30.3 Å². The van der Waals surface area contributed by atoms with Crippen molar-refractivity contribution in [1.29, 1.82) is 0 Å². The molecule has 1 N–H and O–H groups in total. The maximum Gasteiger partial charge on any atom is 0.265 e. The van der Waals surface area contributed by atoms with Crippen LogP contribution < -0.4 is 14.8 Å². The van der Waals surface area contributed by atoms with Gasteiger partial charge in [-0.25, -0.2) is 8.42 Å². The maximum absolute atomic E-state index is 12.9. The summed E-state index contributed by atoms with van der Waals surface area (Å²) < 4.78 is 38.4. The Morgan fingerprint density at radius 3 is 2.44 bits per heavy atom. The number of benzene rings is 3. The molecule has 1 saturated heterocycles. The van der Waals surface area contributed by atoms with Gasteiger partial charge in [0, 0.05) is 13.1 Å². The SMILES string of the molecule is COc1ccc(S(=O)(=O)N2CCCC2)cc1NC(=O)[C@H](C)Oc1ccc2ccccc2c1. The first kappa shape index (κ1) is 22.1. The highest BCUT2D eigenvalue weighted by molar-refractivity contribution is 7.89. The van der Waals surface area contributed by atoms with E-state index in [0.717, 1.165) is 23.6 Å². The molecule has 3 aromatic rings. The van der Waals surface area contributed by atoms with Gasteiger partial charge >= 0.3 is 0 Å². The molecule has 168 valence electrons. The number of anilines is 1. The zero-order valence-corrected chi connectivity index (χ0v) is 18.9. The summed E-state index contributed by atoms with van der Waals surface area (Å²) in [6.07, 6.45) is 0.894. The lowest BCUT2D eigenvalue weighted by molar-refractivity contribution is -0.122. The highest BCUT2D eigenvalue weighted by Gasteiger charge is 2.28. The number of methoxy groups -OCH3 is 1. The van der Waals surface area contributed by atoms with Crippen molar-refractivity contribution >= 4 is 32.4 Å². The minimum Gasteiger partial charge on any atom is -0.495 e. The summed E-state index contributed by atoms with van der Waals surface area (Å²) in [7, 11) is -2.15. The maximum atomic E-state index is 12.9. The number of ether oxygens (including phenoxy) is 2. The first-order chi connectivity index (χ1) is 15.4. The molecular weight excluding hydrogens is 428 g/mol. The van der Waals surface area contributed by atoms with Crippen LogP contribution in [0.15, 0.2) is 65.6 Å². The second-order valence-corrected chi connectivity index (χ2v) is 9.67. The molecule has 1 amide bonds. The number of amides is 1. The largest absolute Gasteiger partial charge is 0.495 e. The van der Waals surface area contributed by atoms with Crippen LogP contribution in [-0.2, 0) is 14.8 Å². The lowest BCUT2D eigenvalue weighted by Crippen LogP contribution is -2.31. The molecule has 1 aliphatic rings. The minimum absolute atomic E-state index is 0.124. The number of nitrogens with zero attached hydrogens (tertiary/aromatic N) is 1. The number of carbonyl (C=O) groups is 1. The first-order valence-corrected chi connectivity index (χ1v) is 12.0. The number of nitrogens with one attached hydrogen (secondary N) is 1. The van der Waals surface area contributed by atoms with E-state index in [1.165, 1.54) is 23.5 Å². The molecule has 8 heteroatoms. The molecule has 4 rings (SSSR count). The van der Waals surface area contributed by atoms with Crippen LogP contribution in [0.1, 0.15) is 19.8 Å². The minimum atomic E-state index is -3.62. The van der Waals surface area contributed by atoms with E-state index in [0.29, 0.717) is 24.6 Å². The summed E-state index contributed by atoms with van der Waals surface area (Å²) >= 11 is 0. The van der Waals surface area contributed by atoms with E-state index in [2.05, 4.69) is 5.32 Å². The number of hydrogen-bond acceptors (Lipinski definition) is 5. The molecule has 0 saturated carbocycles. The summed E-state index contributed by atoms with van der Waals surface area (Å²) in [6.45, 7) is 2.65. The van der Waals surface area contributed by atoms with Crippen molar-refractivity contribution in [3.8, 4) is 11.5 Å². The third kappa shape index (κ3) is 4.56. The van der Waals surface area contributed by atoms with E-state index in [9.17, 15) is 13.2 Å². The van der Waals surface area contributed by atoms with Crippen molar-refractivity contribution in [2.75, 3.05) is 25.5 Å². The Morgan fingerprint density at radius 2 is 1.72 bits per heavy atom. The van der Waals surface area contributed by atoms with Gasteiger partial charge < -0.3 is 14.8 Å². The molecule has 1 fully saturated rings. The van der Waals surface area contributed by atoms with Crippen molar-refractivity contribution in [2.45, 2.75) is 30.8 Å². The summed E-state index contributed by atoms with van der Waals surface area (Å²) in [5, 5.41) is 4.84. The molecule has 1 aliphatic heterocycles. The Bertz CT molecular complexity index is 1240. The van der Waals surface area contributed by atoms with Gasteiger partial charge in [-0.2, -0.15) is 4.31 Å². The smallest absolute Gasteiger partial charge is 0.265 e. The van der Waals surface area contributed by atoms with Crippen LogP contribution in [0.2, 0.25) is 0 Å². The predicted molar refractivity (Wildman–Crippen MR) is 124 cm³/mol. The highest BCUT2D eigenvalue weighted by atomic mass is 32.2. The van der Waals surface area contributed by atoms with Crippen LogP contribution in [0.5, 0.6) is 11.5 Å². The van der Waals surface area contributed by atoms with E-state index in [1.54, 1.807) is 13.0 Å². The first-order valence-electron chi connectivity index (χ1n) is 10.5. The van der Waals surface area contributed by atoms with Crippen LogP contribution in [0.25, 0.3) is 10.8 Å². The number of rotatable bonds is 7. The van der Waals surface area contributed by atoms with Gasteiger partial charge in [-0.15, -0.1) is 0 Å². The fourth-order valence-electron chi connectivity index (χ4n) is 3.76. The number of fused-ring (bicyclic) bond motifs is 1. The molecular formula is C24H26N2O5S. The van der Waals surface area contributed by atoms with Crippen LogP contribution in [-0.4, -0.2) is 44.9 Å². The van der Waals surface area contributed by atoms with Crippen molar-refractivity contribution < 1.29 is 22.7 Å². The summed E-state index contributed by atoms with van der Waals surface area (Å²) in [4.78, 5) is 12.9. The van der Waals surface area contributed by atoms with Crippen molar-refractivity contribution in [2.24, 2.45) is 0 Å². The van der Waals surface area contributed by atoms with Crippen molar-refractivity contribution in [3.63, 3.8) is 0 Å². The van der Waals surface area contributed by atoms with E-state index in [1.807, 2.05) is 42.5 Å². The Kier molecular flexibility index (Phi) is 6.34. The van der Waals surface area contributed by atoms with E-state index < -0.39 is 22.0 Å². The number of sulfonamides is 1. The highest BCUT2D eigenvalue weighted by Crippen LogP contribution is 2.30. The quantitative estimate of drug-likeness (QED) is 0.582. The van der Waals surface area contributed by atoms with Gasteiger partial charge in [0.05, 0.1) is 17.7 Å². The fourth-order valence-corrected chi connectivity index (χ4v) is 5.30. The topological polar surface area (TPSA) is 84.9 Å². The molecule has 0 aliphatic carbocycles. The zero-order valence-electron chi connectivity index (χ0n) is 18.1. The Labute approximate surface area is 188 Å². The molecule has 1 heterocycles. The Morgan fingerprint density at radius 1 is 1.00 bits per heavy atom. The van der Waals surface area contributed by atoms with Gasteiger partial charge in [0.15, 0.2) is 6.10 Å². The van der Waals surface area contributed by atoms with Crippen LogP contribution in [0.3, 0.4) is 0 Å². The molecule has 7 nitrogen and oxygen atoms in total. The molecule has 0 unspecified atom stereocenters. The number of hydrogen-bond donors (Lipinski definition) is 1. The molecule has 32 heavy (non-hydrogen) atoms. The zero-order chi connectivity index (χ0) is 22.7. The molecule has 0 bridgehead atoms. The number of carbonyl (C=O) groups excluding carboxylic acids is 1. The standard InChI is InChI=1S/C24H26N2O5S/c1-17(31-20-10-9-18-7-3-4-8-19(18)15-20)24(27)25-22-16-21(11-12-23(22)30-2)32(28,29)26-13-5-6-14-26/h3-4,7-12,15-17H,5-6,13-14H2,1-2H3,(H,25,27)/t17-/m0/s1. The molecule has 0 spiro atoms. The molecule has 3 aromatic carbocycles. The average molecular weight is 455 g/mol. The molecule has 0 aromatic heterocycles. The molecule has 1 atom stereocenters. The van der Waals surface area contributed by atoms with Gasteiger partial charge in [-0.3, -0.25) is 4.79 Å². The van der Waals surface area contributed by atoms with E-state index >= 15 is 0 Å². The summed E-state index contributed by atoms with van der Waals surface area (Å²) in [5.41, 5.74) is 0.284. The monoisotopic (exact) mass is 454 g/mol. The molecule has 0 radical (unpaired) electrons. The van der Waals surface area contributed by atoms with Crippen LogP contribution in [0, 0.1) is 0 Å². The van der Waals surface area contributed by atoms with Crippen LogP contribution in [0.4, 0.5) is 5.69 Å². The summed E-state index contributed by atoms with van der Waals surface area (Å²) in [6, 6.07) is 18.0. The van der Waals surface area contributed by atoms with Crippen molar-refractivity contribution in [1.82, 2.24) is 4.31 Å².